The minimum atomic E-state index is 0.249. The van der Waals surface area contributed by atoms with Crippen molar-refractivity contribution in [3.8, 4) is 0 Å². The first-order valence-electron chi connectivity index (χ1n) is 4.02. The van der Waals surface area contributed by atoms with Crippen LogP contribution in [0.2, 0.25) is 0 Å². The fraction of sp³-hybridized carbons (Fsp3) is 0.222. The van der Waals surface area contributed by atoms with Crippen LogP contribution < -0.4 is 5.73 Å². The van der Waals surface area contributed by atoms with Crippen LogP contribution in [-0.4, -0.2) is 10.1 Å². The number of aliphatic hydroxyl groups excluding tert-OH is 1. The van der Waals surface area contributed by atoms with Gasteiger partial charge >= 0.3 is 0 Å². The van der Waals surface area contributed by atoms with Crippen LogP contribution in [0, 0.1) is 0 Å². The van der Waals surface area contributed by atoms with Crippen LogP contribution >= 0.6 is 15.9 Å². The molecular formula is C9H9BrN2O. The van der Waals surface area contributed by atoms with E-state index in [4.69, 9.17) is 5.73 Å². The maximum absolute atomic E-state index is 9.68. The number of nitrogens with two attached hydrogens (primary N) is 1. The monoisotopic (exact) mass is 240 g/mol. The van der Waals surface area contributed by atoms with Crippen molar-refractivity contribution < 1.29 is 5.11 Å². The third-order valence-corrected chi connectivity index (χ3v) is 2.39. The molecule has 1 aliphatic rings. The summed E-state index contributed by atoms with van der Waals surface area (Å²) in [7, 11) is 0. The second kappa shape index (κ2) is 3.03. The van der Waals surface area contributed by atoms with Gasteiger partial charge in [0.2, 0.25) is 0 Å². The van der Waals surface area contributed by atoms with Crippen molar-refractivity contribution in [3.63, 3.8) is 0 Å². The Balaban J connectivity index is 2.50. The summed E-state index contributed by atoms with van der Waals surface area (Å²) >= 11 is 3.23. The predicted molar refractivity (Wildman–Crippen MR) is 55.1 cm³/mol. The Morgan fingerprint density at radius 2 is 2.15 bits per heavy atom. The van der Waals surface area contributed by atoms with Crippen molar-refractivity contribution in [2.45, 2.75) is 12.8 Å². The Morgan fingerprint density at radius 3 is 2.77 bits per heavy atom. The summed E-state index contributed by atoms with van der Waals surface area (Å²) in [6, 6.07) is 3.48. The third-order valence-electron chi connectivity index (χ3n) is 1.95. The lowest BCUT2D eigenvalue weighted by atomic mass is 10.2. The molecule has 0 atom stereocenters. The van der Waals surface area contributed by atoms with E-state index in [0.717, 1.165) is 18.4 Å². The van der Waals surface area contributed by atoms with Gasteiger partial charge in [-0.1, -0.05) is 0 Å². The molecule has 0 bridgehead atoms. The van der Waals surface area contributed by atoms with Gasteiger partial charge in [-0.3, -0.25) is 0 Å². The molecule has 1 fully saturated rings. The summed E-state index contributed by atoms with van der Waals surface area (Å²) < 4.78 is 0.685. The Bertz CT molecular complexity index is 381. The van der Waals surface area contributed by atoms with Gasteiger partial charge in [-0.25, -0.2) is 4.98 Å². The van der Waals surface area contributed by atoms with Gasteiger partial charge in [-0.15, -0.1) is 0 Å². The second-order valence-corrected chi connectivity index (χ2v) is 3.84. The molecule has 0 amide bonds. The van der Waals surface area contributed by atoms with Crippen molar-refractivity contribution in [1.29, 1.82) is 0 Å². The standard InChI is InChI=1S/C9H9BrN2O/c10-7-4-3-6(11)8(12-7)9(13)5-1-2-5/h3-4,13H,1-2,11H2. The smallest absolute Gasteiger partial charge is 0.142 e. The largest absolute Gasteiger partial charge is 0.506 e. The number of anilines is 1. The van der Waals surface area contributed by atoms with Gasteiger partial charge < -0.3 is 10.8 Å². The summed E-state index contributed by atoms with van der Waals surface area (Å²) in [6.07, 6.45) is 1.92. The molecule has 2 rings (SSSR count). The topological polar surface area (TPSA) is 59.1 Å². The molecule has 1 aromatic heterocycles. The van der Waals surface area contributed by atoms with Crippen molar-refractivity contribution in [2.24, 2.45) is 0 Å². The molecule has 0 aromatic carbocycles. The fourth-order valence-electron chi connectivity index (χ4n) is 1.10. The number of nitrogens with zero attached hydrogens (tertiary/aromatic N) is 1. The first-order valence-corrected chi connectivity index (χ1v) is 4.81. The van der Waals surface area contributed by atoms with Gasteiger partial charge in [0.1, 0.15) is 16.1 Å². The highest BCUT2D eigenvalue weighted by Gasteiger charge is 2.20. The van der Waals surface area contributed by atoms with Crippen LogP contribution in [0.4, 0.5) is 5.69 Å². The number of aliphatic hydroxyl groups is 1. The molecular weight excluding hydrogens is 232 g/mol. The zero-order chi connectivity index (χ0) is 9.42. The third kappa shape index (κ3) is 1.67. The van der Waals surface area contributed by atoms with Gasteiger partial charge in [-0.2, -0.15) is 0 Å². The molecule has 1 saturated carbocycles. The highest BCUT2D eigenvalue weighted by atomic mass is 79.9. The molecule has 1 aliphatic carbocycles. The minimum absolute atomic E-state index is 0.249. The number of hydrogen-bond donors (Lipinski definition) is 2. The molecule has 0 unspecified atom stereocenters. The first-order chi connectivity index (χ1) is 6.18. The van der Waals surface area contributed by atoms with Gasteiger partial charge in [0.25, 0.3) is 0 Å². The number of rotatable bonds is 1. The molecule has 4 heteroatoms. The van der Waals surface area contributed by atoms with Crippen LogP contribution in [0.15, 0.2) is 22.3 Å². The molecule has 13 heavy (non-hydrogen) atoms. The average molecular weight is 241 g/mol. The summed E-state index contributed by atoms with van der Waals surface area (Å²) in [5.41, 5.74) is 7.72. The second-order valence-electron chi connectivity index (χ2n) is 3.02. The number of allylic oxidation sites excluding steroid dienone is 1. The maximum Gasteiger partial charge on any atom is 0.142 e. The van der Waals surface area contributed by atoms with E-state index in [0.29, 0.717) is 16.0 Å². The zero-order valence-corrected chi connectivity index (χ0v) is 8.50. The molecule has 0 radical (unpaired) electrons. The molecule has 0 spiro atoms. The van der Waals surface area contributed by atoms with Crippen molar-refractivity contribution in [1.82, 2.24) is 4.98 Å². The molecule has 0 saturated heterocycles. The van der Waals surface area contributed by atoms with Gasteiger partial charge in [0, 0.05) is 0 Å². The Kier molecular flexibility index (Phi) is 2.00. The lowest BCUT2D eigenvalue weighted by Crippen LogP contribution is -1.97. The summed E-state index contributed by atoms with van der Waals surface area (Å²) in [6.45, 7) is 0. The van der Waals surface area contributed by atoms with E-state index in [1.54, 1.807) is 12.1 Å². The van der Waals surface area contributed by atoms with Crippen LogP contribution in [0.25, 0.3) is 5.76 Å². The maximum atomic E-state index is 9.68. The quantitative estimate of drug-likeness (QED) is 0.586. The van der Waals surface area contributed by atoms with Crippen molar-refractivity contribution >= 4 is 27.4 Å². The normalized spacial score (nSPS) is 14.4. The number of nitrogen functional groups attached to an aromatic ring is 1. The Morgan fingerprint density at radius 1 is 1.46 bits per heavy atom. The predicted octanol–water partition coefficient (Wildman–Crippen LogP) is 2.49. The highest BCUT2D eigenvalue weighted by molar-refractivity contribution is 9.10. The zero-order valence-electron chi connectivity index (χ0n) is 6.92. The van der Waals surface area contributed by atoms with E-state index < -0.39 is 0 Å². The summed E-state index contributed by atoms with van der Waals surface area (Å²) in [5, 5.41) is 9.68. The van der Waals surface area contributed by atoms with Crippen LogP contribution in [0.5, 0.6) is 0 Å². The lowest BCUT2D eigenvalue weighted by molar-refractivity contribution is 0.506. The van der Waals surface area contributed by atoms with Gasteiger partial charge in [0.15, 0.2) is 0 Å². The summed E-state index contributed by atoms with van der Waals surface area (Å²) in [4.78, 5) is 4.12. The van der Waals surface area contributed by atoms with E-state index in [1.807, 2.05) is 0 Å². The average Bonchev–Trinajstić information content (AvgIpc) is 2.91. The first kappa shape index (κ1) is 8.56. The molecule has 1 aromatic rings. The van der Waals surface area contributed by atoms with E-state index >= 15 is 0 Å². The Labute approximate surface area is 84.4 Å². The van der Waals surface area contributed by atoms with E-state index in [1.165, 1.54) is 0 Å². The van der Waals surface area contributed by atoms with Crippen LogP contribution in [-0.2, 0) is 0 Å². The van der Waals surface area contributed by atoms with E-state index in [2.05, 4.69) is 20.9 Å². The molecule has 0 aliphatic heterocycles. The summed E-state index contributed by atoms with van der Waals surface area (Å²) in [5.74, 6) is 0.249. The van der Waals surface area contributed by atoms with E-state index in [-0.39, 0.29) is 5.76 Å². The van der Waals surface area contributed by atoms with E-state index in [9.17, 15) is 5.11 Å². The minimum Gasteiger partial charge on any atom is -0.506 e. The van der Waals surface area contributed by atoms with Gasteiger partial charge in [0.05, 0.1) is 5.69 Å². The van der Waals surface area contributed by atoms with Crippen LogP contribution in [0.1, 0.15) is 18.5 Å². The van der Waals surface area contributed by atoms with Crippen LogP contribution in [0.3, 0.4) is 0 Å². The Hall–Kier alpha value is -1.03. The van der Waals surface area contributed by atoms with Crippen molar-refractivity contribution in [2.75, 3.05) is 5.73 Å². The number of aromatic nitrogens is 1. The van der Waals surface area contributed by atoms with Crippen molar-refractivity contribution in [3.05, 3.63) is 28.0 Å². The van der Waals surface area contributed by atoms with Gasteiger partial charge in [-0.05, 0) is 46.5 Å². The number of hydrogen-bond acceptors (Lipinski definition) is 3. The number of pyridine rings is 1. The fourth-order valence-corrected chi connectivity index (χ4v) is 1.41. The molecule has 3 nitrogen and oxygen atoms in total. The molecule has 3 N–H and O–H groups in total. The molecule has 1 heterocycles. The SMILES string of the molecule is Nc1ccc(Br)nc1C(O)=C1CC1. The highest BCUT2D eigenvalue weighted by Crippen LogP contribution is 2.36. The molecule has 68 valence electrons. The number of halogens is 1. The lowest BCUT2D eigenvalue weighted by Gasteiger charge is -2.03.